The zero-order valence-corrected chi connectivity index (χ0v) is 13.7. The predicted molar refractivity (Wildman–Crippen MR) is 87.8 cm³/mol. The van der Waals surface area contributed by atoms with Crippen molar-refractivity contribution in [1.29, 1.82) is 0 Å². The molecule has 0 saturated heterocycles. The van der Waals surface area contributed by atoms with Crippen LogP contribution in [0.4, 0.5) is 0 Å². The van der Waals surface area contributed by atoms with Crippen LogP contribution in [-0.4, -0.2) is 20.9 Å². The number of aromatic amines is 1. The fraction of sp³-hybridized carbons (Fsp3) is 0.250. The van der Waals surface area contributed by atoms with Crippen LogP contribution in [0.2, 0.25) is 0 Å². The van der Waals surface area contributed by atoms with Gasteiger partial charge in [-0.2, -0.15) is 0 Å². The van der Waals surface area contributed by atoms with Crippen LogP contribution < -0.4 is 5.56 Å². The molecule has 3 aromatic heterocycles. The Morgan fingerprint density at radius 2 is 2.00 bits per heavy atom. The molecule has 0 aliphatic carbocycles. The van der Waals surface area contributed by atoms with E-state index in [1.54, 1.807) is 19.1 Å². The van der Waals surface area contributed by atoms with Crippen LogP contribution in [0, 0.1) is 13.8 Å². The van der Waals surface area contributed by atoms with Gasteiger partial charge in [-0.15, -0.1) is 11.3 Å². The van der Waals surface area contributed by atoms with E-state index in [0.717, 1.165) is 10.4 Å². The molecule has 1 atom stereocenters. The van der Waals surface area contributed by atoms with Crippen molar-refractivity contribution >= 4 is 27.5 Å². The number of H-pyrrole nitrogens is 1. The molecule has 3 aromatic rings. The maximum Gasteiger partial charge on any atom is 0.338 e. The molecule has 0 bridgehead atoms. The molecule has 3 heterocycles. The lowest BCUT2D eigenvalue weighted by Gasteiger charge is -2.12. The highest BCUT2D eigenvalue weighted by Crippen LogP contribution is 2.27. The maximum atomic E-state index is 12.3. The van der Waals surface area contributed by atoms with Crippen LogP contribution in [0.15, 0.2) is 29.3 Å². The summed E-state index contributed by atoms with van der Waals surface area (Å²) in [6.07, 6.45) is 2.38. The average Bonchev–Trinajstić information content (AvgIpc) is 2.83. The molecule has 0 amide bonds. The number of nitrogens with zero attached hydrogens (tertiary/aromatic N) is 2. The van der Waals surface area contributed by atoms with Gasteiger partial charge in [-0.1, -0.05) is 0 Å². The first-order valence-corrected chi connectivity index (χ1v) is 7.90. The number of thiophene rings is 1. The molecule has 0 fully saturated rings. The van der Waals surface area contributed by atoms with Crippen molar-refractivity contribution in [3.8, 4) is 0 Å². The molecule has 0 aromatic carbocycles. The number of hydrogen-bond acceptors (Lipinski definition) is 6. The minimum absolute atomic E-state index is 0.210. The highest BCUT2D eigenvalue weighted by Gasteiger charge is 2.18. The Morgan fingerprint density at radius 3 is 2.70 bits per heavy atom. The molecular formula is C16H15N3O3S. The van der Waals surface area contributed by atoms with Crippen LogP contribution in [0.3, 0.4) is 0 Å². The van der Waals surface area contributed by atoms with Crippen molar-refractivity contribution in [2.75, 3.05) is 0 Å². The maximum absolute atomic E-state index is 12.3. The number of nitrogens with one attached hydrogen (secondary N) is 1. The lowest BCUT2D eigenvalue weighted by atomic mass is 10.2. The summed E-state index contributed by atoms with van der Waals surface area (Å²) < 4.78 is 5.37. The van der Waals surface area contributed by atoms with Gasteiger partial charge in [0.05, 0.1) is 10.9 Å². The topological polar surface area (TPSA) is 84.9 Å². The predicted octanol–water partition coefficient (Wildman–Crippen LogP) is 2.91. The fourth-order valence-electron chi connectivity index (χ4n) is 2.24. The van der Waals surface area contributed by atoms with Gasteiger partial charge in [0, 0.05) is 17.3 Å². The van der Waals surface area contributed by atoms with Crippen LogP contribution in [0.5, 0.6) is 0 Å². The molecule has 0 saturated carbocycles. The second-order valence-electron chi connectivity index (χ2n) is 5.20. The van der Waals surface area contributed by atoms with Gasteiger partial charge < -0.3 is 9.72 Å². The van der Waals surface area contributed by atoms with E-state index in [4.69, 9.17) is 4.74 Å². The first kappa shape index (κ1) is 15.4. The van der Waals surface area contributed by atoms with Crippen LogP contribution in [0.25, 0.3) is 10.2 Å². The Bertz CT molecular complexity index is 931. The van der Waals surface area contributed by atoms with Crippen molar-refractivity contribution in [3.63, 3.8) is 0 Å². The lowest BCUT2D eigenvalue weighted by Crippen LogP contribution is -2.17. The van der Waals surface area contributed by atoms with Gasteiger partial charge in [-0.05, 0) is 38.5 Å². The van der Waals surface area contributed by atoms with Crippen molar-refractivity contribution in [2.24, 2.45) is 0 Å². The summed E-state index contributed by atoms with van der Waals surface area (Å²) in [5.74, 6) is -0.146. The van der Waals surface area contributed by atoms with Crippen molar-refractivity contribution < 1.29 is 9.53 Å². The summed E-state index contributed by atoms with van der Waals surface area (Å²) >= 11 is 1.46. The minimum Gasteiger partial charge on any atom is -0.451 e. The zero-order chi connectivity index (χ0) is 16.6. The minimum atomic E-state index is -0.657. The van der Waals surface area contributed by atoms with Gasteiger partial charge in [0.1, 0.15) is 4.83 Å². The summed E-state index contributed by atoms with van der Waals surface area (Å²) in [5.41, 5.74) is 1.13. The Balaban J connectivity index is 1.91. The Labute approximate surface area is 136 Å². The van der Waals surface area contributed by atoms with Gasteiger partial charge in [0.15, 0.2) is 11.9 Å². The van der Waals surface area contributed by atoms with Gasteiger partial charge in [0.25, 0.3) is 5.56 Å². The van der Waals surface area contributed by atoms with E-state index < -0.39 is 12.1 Å². The summed E-state index contributed by atoms with van der Waals surface area (Å²) in [5, 5.41) is 0.601. The third-order valence-corrected chi connectivity index (χ3v) is 4.74. The van der Waals surface area contributed by atoms with Crippen molar-refractivity contribution in [1.82, 2.24) is 15.0 Å². The number of esters is 1. The lowest BCUT2D eigenvalue weighted by molar-refractivity contribution is 0.0320. The van der Waals surface area contributed by atoms with E-state index in [-0.39, 0.29) is 5.56 Å². The zero-order valence-electron chi connectivity index (χ0n) is 12.9. The molecule has 0 unspecified atom stereocenters. The number of aromatic nitrogens is 3. The van der Waals surface area contributed by atoms with Crippen LogP contribution >= 0.6 is 11.3 Å². The molecule has 0 aliphatic rings. The molecule has 118 valence electrons. The second kappa shape index (κ2) is 5.92. The van der Waals surface area contributed by atoms with Gasteiger partial charge in [-0.25, -0.2) is 9.78 Å². The van der Waals surface area contributed by atoms with E-state index in [9.17, 15) is 9.59 Å². The van der Waals surface area contributed by atoms with E-state index in [2.05, 4.69) is 15.0 Å². The van der Waals surface area contributed by atoms with E-state index >= 15 is 0 Å². The Hall–Kier alpha value is -2.54. The smallest absolute Gasteiger partial charge is 0.338 e. The first-order chi connectivity index (χ1) is 11.0. The van der Waals surface area contributed by atoms with E-state index in [1.807, 2.05) is 13.8 Å². The normalized spacial score (nSPS) is 12.3. The number of rotatable bonds is 3. The van der Waals surface area contributed by atoms with E-state index in [0.29, 0.717) is 21.6 Å². The number of carbonyl (C=O) groups is 1. The van der Waals surface area contributed by atoms with Crippen LogP contribution in [-0.2, 0) is 4.74 Å². The second-order valence-corrected chi connectivity index (χ2v) is 6.40. The quantitative estimate of drug-likeness (QED) is 0.747. The standard InChI is InChI=1S/C16H15N3O3S/c1-8-10(3)23-15-12(8)14(20)18-13(19-15)9(2)22-16(21)11-4-6-17-7-5-11/h4-7,9H,1-3H3,(H,18,19,20)/t9-/m0/s1. The summed E-state index contributed by atoms with van der Waals surface area (Å²) in [6.45, 7) is 5.53. The average molecular weight is 329 g/mol. The van der Waals surface area contributed by atoms with Crippen molar-refractivity contribution in [3.05, 3.63) is 56.7 Å². The van der Waals surface area contributed by atoms with Gasteiger partial charge in [0.2, 0.25) is 0 Å². The molecule has 6 nitrogen and oxygen atoms in total. The largest absolute Gasteiger partial charge is 0.451 e. The number of pyridine rings is 1. The first-order valence-electron chi connectivity index (χ1n) is 7.08. The third-order valence-electron chi connectivity index (χ3n) is 3.64. The SMILES string of the molecule is Cc1sc2nc([C@H](C)OC(=O)c3ccncc3)[nH]c(=O)c2c1C. The number of ether oxygens (including phenoxy) is 1. The summed E-state index contributed by atoms with van der Waals surface area (Å²) in [4.78, 5) is 37.0. The third kappa shape index (κ3) is 2.87. The monoisotopic (exact) mass is 329 g/mol. The van der Waals surface area contributed by atoms with Gasteiger partial charge in [-0.3, -0.25) is 9.78 Å². The highest BCUT2D eigenvalue weighted by molar-refractivity contribution is 7.18. The number of aryl methyl sites for hydroxylation is 2. The number of hydrogen-bond donors (Lipinski definition) is 1. The summed E-state index contributed by atoms with van der Waals surface area (Å²) in [6, 6.07) is 3.14. The molecule has 1 N–H and O–H groups in total. The van der Waals surface area contributed by atoms with E-state index in [1.165, 1.54) is 23.7 Å². The van der Waals surface area contributed by atoms with Crippen LogP contribution in [0.1, 0.15) is 39.7 Å². The number of carbonyl (C=O) groups excluding carboxylic acids is 1. The fourth-order valence-corrected chi connectivity index (χ4v) is 3.27. The molecular weight excluding hydrogens is 314 g/mol. The molecule has 7 heteroatoms. The summed E-state index contributed by atoms with van der Waals surface area (Å²) in [7, 11) is 0. The highest BCUT2D eigenvalue weighted by atomic mass is 32.1. The molecule has 0 spiro atoms. The van der Waals surface area contributed by atoms with Gasteiger partial charge >= 0.3 is 5.97 Å². The number of fused-ring (bicyclic) bond motifs is 1. The molecule has 0 radical (unpaired) electrons. The molecule has 3 rings (SSSR count). The molecule has 23 heavy (non-hydrogen) atoms. The Kier molecular flexibility index (Phi) is 3.96. The molecule has 0 aliphatic heterocycles. The Morgan fingerprint density at radius 1 is 1.30 bits per heavy atom. The van der Waals surface area contributed by atoms with Crippen molar-refractivity contribution in [2.45, 2.75) is 26.9 Å².